The third-order valence-corrected chi connectivity index (χ3v) is 3.31. The third-order valence-electron chi connectivity index (χ3n) is 2.75. The van der Waals surface area contributed by atoms with Crippen LogP contribution in [-0.4, -0.2) is 28.0 Å². The number of H-pyrrole nitrogens is 1. The Balaban J connectivity index is 2.30. The summed E-state index contributed by atoms with van der Waals surface area (Å²) in [5, 5.41) is 2.54. The van der Waals surface area contributed by atoms with E-state index in [1.54, 1.807) is 18.2 Å². The number of hydrogen-bond acceptors (Lipinski definition) is 5. The number of primary amides is 1. The number of nitrogens with zero attached hydrogens (tertiary/aromatic N) is 1. The molecule has 2 amide bonds. The van der Waals surface area contributed by atoms with Crippen molar-refractivity contribution in [3.8, 4) is 0 Å². The van der Waals surface area contributed by atoms with E-state index < -0.39 is 17.4 Å². The number of rotatable bonds is 5. The van der Waals surface area contributed by atoms with Gasteiger partial charge in [0.15, 0.2) is 0 Å². The van der Waals surface area contributed by atoms with E-state index >= 15 is 0 Å². The molecule has 2 aromatic rings. The number of benzene rings is 1. The number of hydrogen-bond donors (Lipinski definition) is 3. The molecule has 7 nitrogen and oxygen atoms in total. The maximum atomic E-state index is 12.2. The van der Waals surface area contributed by atoms with Gasteiger partial charge >= 0.3 is 0 Å². The largest absolute Gasteiger partial charge is 0.366 e. The van der Waals surface area contributed by atoms with Crippen molar-refractivity contribution in [3.05, 3.63) is 57.8 Å². The molecule has 22 heavy (non-hydrogen) atoms. The number of carbonyl (C=O) groups excluding carboxylic acids is 2. The first-order valence-electron chi connectivity index (χ1n) is 6.30. The van der Waals surface area contributed by atoms with Crippen LogP contribution in [0, 0.1) is 0 Å². The van der Waals surface area contributed by atoms with E-state index in [0.29, 0.717) is 11.6 Å². The number of nitrogens with one attached hydrogen (secondary N) is 2. The third kappa shape index (κ3) is 3.73. The van der Waals surface area contributed by atoms with Crippen molar-refractivity contribution < 1.29 is 9.59 Å². The maximum absolute atomic E-state index is 12.2. The summed E-state index contributed by atoms with van der Waals surface area (Å²) in [5.41, 5.74) is 5.28. The molecule has 2 rings (SSSR count). The molecule has 0 saturated heterocycles. The van der Waals surface area contributed by atoms with Gasteiger partial charge in [0.2, 0.25) is 0 Å². The van der Waals surface area contributed by atoms with Crippen LogP contribution >= 0.6 is 11.8 Å². The van der Waals surface area contributed by atoms with Gasteiger partial charge in [-0.3, -0.25) is 14.4 Å². The second-order valence-electron chi connectivity index (χ2n) is 4.37. The number of anilines is 1. The SMILES string of the molecule is CSCc1nc(C(=O)Nc2ccccc2C(N)=O)cc(=O)[nH]1. The Hall–Kier alpha value is -2.61. The number of aromatic nitrogens is 2. The molecule has 0 aliphatic heterocycles. The summed E-state index contributed by atoms with van der Waals surface area (Å²) in [6, 6.07) is 7.45. The molecule has 0 aliphatic rings. The van der Waals surface area contributed by atoms with Gasteiger partial charge in [-0.1, -0.05) is 12.1 Å². The van der Waals surface area contributed by atoms with Crippen molar-refractivity contribution in [3.63, 3.8) is 0 Å². The molecule has 0 atom stereocenters. The smallest absolute Gasteiger partial charge is 0.274 e. The zero-order valence-electron chi connectivity index (χ0n) is 11.8. The lowest BCUT2D eigenvalue weighted by Crippen LogP contribution is -2.22. The molecular formula is C14H14N4O3S. The van der Waals surface area contributed by atoms with E-state index in [0.717, 1.165) is 6.07 Å². The van der Waals surface area contributed by atoms with Crippen molar-refractivity contribution in [2.75, 3.05) is 11.6 Å². The minimum absolute atomic E-state index is 0.0212. The predicted molar refractivity (Wildman–Crippen MR) is 85.0 cm³/mol. The maximum Gasteiger partial charge on any atom is 0.274 e. The zero-order valence-corrected chi connectivity index (χ0v) is 12.6. The Morgan fingerprint density at radius 3 is 2.77 bits per heavy atom. The van der Waals surface area contributed by atoms with E-state index in [2.05, 4.69) is 15.3 Å². The number of carbonyl (C=O) groups is 2. The van der Waals surface area contributed by atoms with Crippen molar-refractivity contribution in [1.82, 2.24) is 9.97 Å². The standard InChI is InChI=1S/C14H14N4O3S/c1-22-7-11-16-10(6-12(19)18-11)14(21)17-9-5-3-2-4-8(9)13(15)20/h2-6H,7H2,1H3,(H2,15,20)(H,17,21)(H,16,18,19). The lowest BCUT2D eigenvalue weighted by atomic mass is 10.1. The molecule has 114 valence electrons. The molecule has 4 N–H and O–H groups in total. The summed E-state index contributed by atoms with van der Waals surface area (Å²) >= 11 is 1.47. The van der Waals surface area contributed by atoms with E-state index in [1.165, 1.54) is 17.8 Å². The number of para-hydroxylation sites is 1. The van der Waals surface area contributed by atoms with Crippen LogP contribution in [0.4, 0.5) is 5.69 Å². The lowest BCUT2D eigenvalue weighted by Gasteiger charge is -2.08. The van der Waals surface area contributed by atoms with Crippen LogP contribution < -0.4 is 16.6 Å². The minimum atomic E-state index is -0.655. The van der Waals surface area contributed by atoms with Gasteiger partial charge in [0.05, 0.1) is 17.0 Å². The summed E-state index contributed by atoms with van der Waals surface area (Å²) in [6.45, 7) is 0. The van der Waals surface area contributed by atoms with Crippen LogP contribution in [0.2, 0.25) is 0 Å². The fraction of sp³-hybridized carbons (Fsp3) is 0.143. The Labute approximate surface area is 130 Å². The summed E-state index contributed by atoms with van der Waals surface area (Å²) in [7, 11) is 0. The molecule has 0 spiro atoms. The van der Waals surface area contributed by atoms with Gasteiger partial charge in [-0.2, -0.15) is 11.8 Å². The molecule has 1 heterocycles. The van der Waals surface area contributed by atoms with E-state index in [1.807, 2.05) is 6.26 Å². The Morgan fingerprint density at radius 2 is 2.09 bits per heavy atom. The number of aromatic amines is 1. The summed E-state index contributed by atoms with van der Waals surface area (Å²) in [4.78, 5) is 41.7. The van der Waals surface area contributed by atoms with E-state index in [9.17, 15) is 14.4 Å². The Bertz CT molecular complexity index is 773. The van der Waals surface area contributed by atoms with E-state index in [-0.39, 0.29) is 16.9 Å². The first-order chi connectivity index (χ1) is 10.5. The monoisotopic (exact) mass is 318 g/mol. The zero-order chi connectivity index (χ0) is 16.1. The molecule has 8 heteroatoms. The van der Waals surface area contributed by atoms with Gasteiger partial charge in [0, 0.05) is 6.07 Å². The van der Waals surface area contributed by atoms with Crippen LogP contribution in [0.15, 0.2) is 35.1 Å². The highest BCUT2D eigenvalue weighted by molar-refractivity contribution is 7.97. The fourth-order valence-corrected chi connectivity index (χ4v) is 2.23. The van der Waals surface area contributed by atoms with Crippen LogP contribution in [0.3, 0.4) is 0 Å². The summed E-state index contributed by atoms with van der Waals surface area (Å²) < 4.78 is 0. The molecule has 0 aliphatic carbocycles. The predicted octanol–water partition coefficient (Wildman–Crippen LogP) is 0.984. The van der Waals surface area contributed by atoms with Gasteiger partial charge in [0.1, 0.15) is 11.5 Å². The highest BCUT2D eigenvalue weighted by Crippen LogP contribution is 2.15. The molecule has 0 radical (unpaired) electrons. The molecular weight excluding hydrogens is 304 g/mol. The number of thioether (sulfide) groups is 1. The number of nitrogens with two attached hydrogens (primary N) is 1. The van der Waals surface area contributed by atoms with Crippen LogP contribution in [0.25, 0.3) is 0 Å². The van der Waals surface area contributed by atoms with Crippen LogP contribution in [-0.2, 0) is 5.75 Å². The molecule has 0 unspecified atom stereocenters. The molecule has 1 aromatic heterocycles. The van der Waals surface area contributed by atoms with Crippen LogP contribution in [0.5, 0.6) is 0 Å². The molecule has 1 aromatic carbocycles. The highest BCUT2D eigenvalue weighted by atomic mass is 32.2. The first-order valence-corrected chi connectivity index (χ1v) is 7.70. The molecule has 0 saturated carbocycles. The number of amides is 2. The Morgan fingerprint density at radius 1 is 1.36 bits per heavy atom. The van der Waals surface area contributed by atoms with Gasteiger partial charge in [-0.05, 0) is 18.4 Å². The summed E-state index contributed by atoms with van der Waals surface area (Å²) in [5.74, 6) is -0.345. The van der Waals surface area contributed by atoms with Gasteiger partial charge in [0.25, 0.3) is 17.4 Å². The first kappa shape index (κ1) is 15.8. The summed E-state index contributed by atoms with van der Waals surface area (Å²) in [6.07, 6.45) is 1.86. The Kier molecular flexibility index (Phi) is 4.95. The highest BCUT2D eigenvalue weighted by Gasteiger charge is 2.14. The van der Waals surface area contributed by atoms with E-state index in [4.69, 9.17) is 5.73 Å². The van der Waals surface area contributed by atoms with Crippen molar-refractivity contribution in [1.29, 1.82) is 0 Å². The van der Waals surface area contributed by atoms with Crippen molar-refractivity contribution >= 4 is 29.3 Å². The molecule has 0 bridgehead atoms. The average Bonchev–Trinajstić information content (AvgIpc) is 2.47. The van der Waals surface area contributed by atoms with Gasteiger partial charge in [-0.15, -0.1) is 0 Å². The topological polar surface area (TPSA) is 118 Å². The van der Waals surface area contributed by atoms with Crippen molar-refractivity contribution in [2.45, 2.75) is 5.75 Å². The lowest BCUT2D eigenvalue weighted by molar-refractivity contribution is 0.100. The second kappa shape index (κ2) is 6.90. The van der Waals surface area contributed by atoms with Gasteiger partial charge < -0.3 is 16.0 Å². The molecule has 0 fully saturated rings. The second-order valence-corrected chi connectivity index (χ2v) is 5.24. The minimum Gasteiger partial charge on any atom is -0.366 e. The normalized spacial score (nSPS) is 10.2. The van der Waals surface area contributed by atoms with Crippen LogP contribution in [0.1, 0.15) is 26.7 Å². The van der Waals surface area contributed by atoms with Crippen molar-refractivity contribution in [2.24, 2.45) is 5.73 Å². The quantitative estimate of drug-likeness (QED) is 0.759. The van der Waals surface area contributed by atoms with Gasteiger partial charge in [-0.25, -0.2) is 4.98 Å². The fourth-order valence-electron chi connectivity index (χ4n) is 1.82. The average molecular weight is 318 g/mol.